The number of hydrogen-bond donors (Lipinski definition) is 0. The van der Waals surface area contributed by atoms with Crippen LogP contribution >= 0.6 is 0 Å². The second-order valence-electron chi connectivity index (χ2n) is 2.26. The van der Waals surface area contributed by atoms with Gasteiger partial charge in [0, 0.05) is 6.61 Å². The van der Waals surface area contributed by atoms with Gasteiger partial charge in [-0.2, -0.15) is 0 Å². The zero-order chi connectivity index (χ0) is 7.11. The van der Waals surface area contributed by atoms with Gasteiger partial charge in [-0.25, -0.2) is 0 Å². The molecule has 0 amide bonds. The SMILES string of the molecule is CCCCO[C](C)CC. The maximum Gasteiger partial charge on any atom is 0.0937 e. The zero-order valence-corrected chi connectivity index (χ0v) is 6.74. The molecule has 0 aromatic rings. The molecule has 0 atom stereocenters. The van der Waals surface area contributed by atoms with E-state index in [-0.39, 0.29) is 0 Å². The molecule has 1 heteroatoms. The second-order valence-corrected chi connectivity index (χ2v) is 2.26. The standard InChI is InChI=1S/C8H17O/c1-4-6-7-9-8(3)5-2/h4-7H2,1-3H3. The van der Waals surface area contributed by atoms with Crippen LogP contribution in [0.5, 0.6) is 0 Å². The Morgan fingerprint density at radius 3 is 2.44 bits per heavy atom. The molecule has 0 aromatic carbocycles. The molecule has 55 valence electrons. The highest BCUT2D eigenvalue weighted by molar-refractivity contribution is 4.66. The molecule has 0 aliphatic carbocycles. The average Bonchev–Trinajstić information content (AvgIpc) is 1.89. The summed E-state index contributed by atoms with van der Waals surface area (Å²) in [5.74, 6) is 0. The van der Waals surface area contributed by atoms with Gasteiger partial charge in [0.2, 0.25) is 0 Å². The number of ether oxygens (including phenoxy) is 1. The molecule has 0 aliphatic rings. The molecule has 0 bridgehead atoms. The lowest BCUT2D eigenvalue weighted by molar-refractivity contribution is 0.141. The van der Waals surface area contributed by atoms with E-state index >= 15 is 0 Å². The molecule has 0 fully saturated rings. The van der Waals surface area contributed by atoms with Crippen molar-refractivity contribution in [3.05, 3.63) is 6.10 Å². The van der Waals surface area contributed by atoms with Crippen molar-refractivity contribution in [2.75, 3.05) is 6.61 Å². The van der Waals surface area contributed by atoms with E-state index in [2.05, 4.69) is 13.8 Å². The van der Waals surface area contributed by atoms with Crippen LogP contribution in [-0.2, 0) is 4.74 Å². The fourth-order valence-electron chi connectivity index (χ4n) is 0.493. The summed E-state index contributed by atoms with van der Waals surface area (Å²) in [5, 5.41) is 0. The van der Waals surface area contributed by atoms with Gasteiger partial charge in [-0.15, -0.1) is 0 Å². The minimum absolute atomic E-state index is 0.899. The van der Waals surface area contributed by atoms with E-state index in [4.69, 9.17) is 4.74 Å². The van der Waals surface area contributed by atoms with Gasteiger partial charge in [0.1, 0.15) is 0 Å². The summed E-state index contributed by atoms with van der Waals surface area (Å²) < 4.78 is 5.35. The first-order valence-electron chi connectivity index (χ1n) is 3.76. The first-order chi connectivity index (χ1) is 4.31. The molecular formula is C8H17O. The highest BCUT2D eigenvalue weighted by atomic mass is 16.5. The van der Waals surface area contributed by atoms with Crippen LogP contribution in [-0.4, -0.2) is 6.61 Å². The van der Waals surface area contributed by atoms with Crippen molar-refractivity contribution >= 4 is 0 Å². The molecule has 0 unspecified atom stereocenters. The van der Waals surface area contributed by atoms with Crippen molar-refractivity contribution in [2.24, 2.45) is 0 Å². The Labute approximate surface area is 58.4 Å². The van der Waals surface area contributed by atoms with Crippen LogP contribution in [0.1, 0.15) is 40.0 Å². The summed E-state index contributed by atoms with van der Waals surface area (Å²) in [6.07, 6.45) is 4.60. The van der Waals surface area contributed by atoms with Crippen molar-refractivity contribution in [2.45, 2.75) is 40.0 Å². The van der Waals surface area contributed by atoms with Gasteiger partial charge in [0.05, 0.1) is 6.10 Å². The smallest absolute Gasteiger partial charge is 0.0937 e. The van der Waals surface area contributed by atoms with E-state index in [9.17, 15) is 0 Å². The van der Waals surface area contributed by atoms with Gasteiger partial charge in [-0.3, -0.25) is 0 Å². The third-order valence-electron chi connectivity index (χ3n) is 1.34. The van der Waals surface area contributed by atoms with Gasteiger partial charge >= 0.3 is 0 Å². The molecule has 0 spiro atoms. The summed E-state index contributed by atoms with van der Waals surface area (Å²) in [4.78, 5) is 0. The van der Waals surface area contributed by atoms with Crippen LogP contribution in [0, 0.1) is 6.10 Å². The fourth-order valence-corrected chi connectivity index (χ4v) is 0.493. The van der Waals surface area contributed by atoms with Crippen molar-refractivity contribution in [1.29, 1.82) is 0 Å². The lowest BCUT2D eigenvalue weighted by Gasteiger charge is -2.07. The molecule has 9 heavy (non-hydrogen) atoms. The number of unbranched alkanes of at least 4 members (excludes halogenated alkanes) is 1. The molecule has 1 radical (unpaired) electrons. The second kappa shape index (κ2) is 6.09. The van der Waals surface area contributed by atoms with E-state index in [0.29, 0.717) is 0 Å². The molecule has 0 saturated heterocycles. The Bertz CT molecular complexity index is 52.5. The number of rotatable bonds is 5. The summed E-state index contributed by atoms with van der Waals surface area (Å²) >= 11 is 0. The van der Waals surface area contributed by atoms with Gasteiger partial charge in [0.25, 0.3) is 0 Å². The van der Waals surface area contributed by atoms with Gasteiger partial charge in [-0.05, 0) is 19.8 Å². The fraction of sp³-hybridized carbons (Fsp3) is 0.875. The average molecular weight is 129 g/mol. The Balaban J connectivity index is 2.88. The van der Waals surface area contributed by atoms with E-state index in [1.54, 1.807) is 0 Å². The van der Waals surface area contributed by atoms with Gasteiger partial charge in [0.15, 0.2) is 0 Å². The highest BCUT2D eigenvalue weighted by Crippen LogP contribution is 2.05. The van der Waals surface area contributed by atoms with Crippen LogP contribution in [0.2, 0.25) is 0 Å². The quantitative estimate of drug-likeness (QED) is 0.519. The molecular weight excluding hydrogens is 112 g/mol. The minimum Gasteiger partial charge on any atom is -0.372 e. The summed E-state index contributed by atoms with van der Waals surface area (Å²) in [7, 11) is 0. The van der Waals surface area contributed by atoms with Gasteiger partial charge in [-0.1, -0.05) is 20.3 Å². The van der Waals surface area contributed by atoms with E-state index in [1.807, 2.05) is 6.92 Å². The molecule has 0 N–H and O–H groups in total. The molecule has 0 saturated carbocycles. The van der Waals surface area contributed by atoms with Crippen molar-refractivity contribution in [1.82, 2.24) is 0 Å². The molecule has 0 rings (SSSR count). The zero-order valence-electron chi connectivity index (χ0n) is 6.74. The van der Waals surface area contributed by atoms with Crippen LogP contribution in [0.3, 0.4) is 0 Å². The third kappa shape index (κ3) is 5.84. The summed E-state index contributed by atoms with van der Waals surface area (Å²) in [5.41, 5.74) is 0. The Morgan fingerprint density at radius 1 is 1.33 bits per heavy atom. The van der Waals surface area contributed by atoms with E-state index in [0.717, 1.165) is 19.1 Å². The van der Waals surface area contributed by atoms with Crippen molar-refractivity contribution in [3.8, 4) is 0 Å². The minimum atomic E-state index is 0.899. The van der Waals surface area contributed by atoms with E-state index < -0.39 is 0 Å². The maximum absolute atomic E-state index is 5.35. The molecule has 0 aromatic heterocycles. The lowest BCUT2D eigenvalue weighted by atomic mass is 10.3. The lowest BCUT2D eigenvalue weighted by Crippen LogP contribution is -1.98. The first-order valence-corrected chi connectivity index (χ1v) is 3.76. The van der Waals surface area contributed by atoms with Crippen molar-refractivity contribution in [3.63, 3.8) is 0 Å². The Morgan fingerprint density at radius 2 is 2.00 bits per heavy atom. The molecule has 0 aliphatic heterocycles. The topological polar surface area (TPSA) is 9.23 Å². The molecule has 1 nitrogen and oxygen atoms in total. The number of hydrogen-bond acceptors (Lipinski definition) is 1. The van der Waals surface area contributed by atoms with Gasteiger partial charge < -0.3 is 4.74 Å². The van der Waals surface area contributed by atoms with Crippen LogP contribution in [0.15, 0.2) is 0 Å². The largest absolute Gasteiger partial charge is 0.372 e. The van der Waals surface area contributed by atoms with Crippen LogP contribution in [0.25, 0.3) is 0 Å². The maximum atomic E-state index is 5.35. The Hall–Kier alpha value is -0.0400. The highest BCUT2D eigenvalue weighted by Gasteiger charge is 1.96. The summed E-state index contributed by atoms with van der Waals surface area (Å²) in [6, 6.07) is 0. The van der Waals surface area contributed by atoms with Crippen LogP contribution in [0.4, 0.5) is 0 Å². The Kier molecular flexibility index (Phi) is 6.06. The van der Waals surface area contributed by atoms with Crippen LogP contribution < -0.4 is 0 Å². The summed E-state index contributed by atoms with van der Waals surface area (Å²) in [6.45, 7) is 7.22. The van der Waals surface area contributed by atoms with Crippen molar-refractivity contribution < 1.29 is 4.74 Å². The third-order valence-corrected chi connectivity index (χ3v) is 1.34. The molecule has 0 heterocycles. The normalized spacial score (nSPS) is 10.7. The monoisotopic (exact) mass is 129 g/mol. The first kappa shape index (κ1) is 8.96. The predicted molar refractivity (Wildman–Crippen MR) is 40.1 cm³/mol. The predicted octanol–water partition coefficient (Wildman–Crippen LogP) is 2.76. The van der Waals surface area contributed by atoms with E-state index in [1.165, 1.54) is 12.8 Å².